The second kappa shape index (κ2) is 8.51. The smallest absolute Gasteiger partial charge is 0.341 e. The van der Waals surface area contributed by atoms with Crippen molar-refractivity contribution >= 4 is 40.1 Å². The Bertz CT molecular complexity index is 772. The fourth-order valence-corrected chi connectivity index (χ4v) is 4.56. The summed E-state index contributed by atoms with van der Waals surface area (Å²) < 4.78 is 10.1. The minimum atomic E-state index is -0.700. The highest BCUT2D eigenvalue weighted by Crippen LogP contribution is 2.38. The van der Waals surface area contributed by atoms with Crippen LogP contribution < -0.4 is 10.6 Å². The van der Waals surface area contributed by atoms with Crippen LogP contribution in [-0.4, -0.2) is 43.0 Å². The highest BCUT2D eigenvalue weighted by molar-refractivity contribution is 7.17. The average molecular weight is 394 g/mol. The first-order chi connectivity index (χ1) is 13.0. The molecule has 1 aromatic heterocycles. The summed E-state index contributed by atoms with van der Waals surface area (Å²) in [6, 6.07) is -0.700. The summed E-state index contributed by atoms with van der Waals surface area (Å²) in [5.74, 6) is -1.81. The molecule has 9 heteroatoms. The van der Waals surface area contributed by atoms with E-state index in [-0.39, 0.29) is 18.9 Å². The van der Waals surface area contributed by atoms with Crippen LogP contribution in [0.5, 0.6) is 0 Å². The minimum absolute atomic E-state index is 0.204. The molecule has 2 N–H and O–H groups in total. The lowest BCUT2D eigenvalue weighted by Crippen LogP contribution is -2.36. The third-order valence-electron chi connectivity index (χ3n) is 4.53. The third kappa shape index (κ3) is 4.47. The maximum absolute atomic E-state index is 12.4. The van der Waals surface area contributed by atoms with Crippen LogP contribution in [0.2, 0.25) is 0 Å². The zero-order valence-corrected chi connectivity index (χ0v) is 15.9. The molecule has 1 aromatic rings. The quantitative estimate of drug-likeness (QED) is 0.709. The zero-order chi connectivity index (χ0) is 19.4. The van der Waals surface area contributed by atoms with Gasteiger partial charge in [-0.05, 0) is 44.6 Å². The van der Waals surface area contributed by atoms with E-state index in [1.165, 1.54) is 11.3 Å². The van der Waals surface area contributed by atoms with E-state index >= 15 is 0 Å². The first kappa shape index (κ1) is 19.3. The normalized spacial score (nSPS) is 18.4. The summed E-state index contributed by atoms with van der Waals surface area (Å²) in [5.41, 5.74) is 1.37. The van der Waals surface area contributed by atoms with E-state index < -0.39 is 30.5 Å². The molecule has 0 unspecified atom stereocenters. The van der Waals surface area contributed by atoms with E-state index in [1.807, 2.05) is 0 Å². The Morgan fingerprint density at radius 1 is 1.19 bits per heavy atom. The number of carbonyl (C=O) groups excluding carboxylic acids is 4. The lowest BCUT2D eigenvalue weighted by Gasteiger charge is -2.12. The molecule has 1 saturated heterocycles. The van der Waals surface area contributed by atoms with Gasteiger partial charge in [-0.25, -0.2) is 9.59 Å². The van der Waals surface area contributed by atoms with Gasteiger partial charge in [0, 0.05) is 11.3 Å². The minimum Gasteiger partial charge on any atom is -0.462 e. The van der Waals surface area contributed by atoms with Gasteiger partial charge in [0.15, 0.2) is 6.61 Å². The second-order valence-corrected chi connectivity index (χ2v) is 7.56. The first-order valence-electron chi connectivity index (χ1n) is 9.07. The highest BCUT2D eigenvalue weighted by Gasteiger charge is 2.30. The Balaban J connectivity index is 1.64. The van der Waals surface area contributed by atoms with Gasteiger partial charge in [-0.2, -0.15) is 0 Å². The van der Waals surface area contributed by atoms with Crippen LogP contribution >= 0.6 is 11.3 Å². The third-order valence-corrected chi connectivity index (χ3v) is 5.74. The summed E-state index contributed by atoms with van der Waals surface area (Å²) >= 11 is 1.37. The van der Waals surface area contributed by atoms with Crippen molar-refractivity contribution < 1.29 is 28.7 Å². The van der Waals surface area contributed by atoms with Gasteiger partial charge in [-0.3, -0.25) is 9.59 Å². The highest BCUT2D eigenvalue weighted by atomic mass is 32.1. The number of rotatable bonds is 6. The van der Waals surface area contributed by atoms with Crippen molar-refractivity contribution in [2.24, 2.45) is 0 Å². The molecule has 0 aromatic carbocycles. The van der Waals surface area contributed by atoms with Crippen LogP contribution in [0.4, 0.5) is 5.00 Å². The van der Waals surface area contributed by atoms with E-state index in [4.69, 9.17) is 9.47 Å². The lowest BCUT2D eigenvalue weighted by molar-refractivity contribution is -0.149. The topological polar surface area (TPSA) is 111 Å². The van der Waals surface area contributed by atoms with Crippen molar-refractivity contribution in [3.8, 4) is 0 Å². The molecule has 2 heterocycles. The number of anilines is 1. The number of nitrogens with one attached hydrogen (secondary N) is 2. The van der Waals surface area contributed by atoms with Crippen LogP contribution in [0.25, 0.3) is 0 Å². The molecule has 0 bridgehead atoms. The molecule has 146 valence electrons. The predicted molar refractivity (Wildman–Crippen MR) is 97.7 cm³/mol. The van der Waals surface area contributed by atoms with Crippen molar-refractivity contribution in [3.63, 3.8) is 0 Å². The molecule has 1 fully saturated rings. The molecule has 0 radical (unpaired) electrons. The van der Waals surface area contributed by atoms with Crippen LogP contribution in [0, 0.1) is 0 Å². The van der Waals surface area contributed by atoms with Crippen LogP contribution in [0.1, 0.15) is 53.4 Å². The number of thiophene rings is 1. The van der Waals surface area contributed by atoms with E-state index in [0.29, 0.717) is 17.0 Å². The van der Waals surface area contributed by atoms with Crippen LogP contribution in [0.15, 0.2) is 0 Å². The molecule has 0 spiro atoms. The Morgan fingerprint density at radius 3 is 2.67 bits per heavy atom. The van der Waals surface area contributed by atoms with Gasteiger partial charge in [-0.1, -0.05) is 0 Å². The van der Waals surface area contributed by atoms with Crippen molar-refractivity contribution in [3.05, 3.63) is 16.0 Å². The molecule has 1 aliphatic heterocycles. The average Bonchev–Trinajstić information content (AvgIpc) is 3.23. The second-order valence-electron chi connectivity index (χ2n) is 6.45. The molecule has 8 nitrogen and oxygen atoms in total. The van der Waals surface area contributed by atoms with E-state index in [9.17, 15) is 19.2 Å². The van der Waals surface area contributed by atoms with Gasteiger partial charge < -0.3 is 20.1 Å². The van der Waals surface area contributed by atoms with Gasteiger partial charge in [-0.15, -0.1) is 11.3 Å². The van der Waals surface area contributed by atoms with Gasteiger partial charge in [0.05, 0.1) is 12.2 Å². The van der Waals surface area contributed by atoms with Crippen LogP contribution in [-0.2, 0) is 36.7 Å². The summed E-state index contributed by atoms with van der Waals surface area (Å²) in [4.78, 5) is 48.7. The predicted octanol–water partition coefficient (Wildman–Crippen LogP) is 1.56. The largest absolute Gasteiger partial charge is 0.462 e. The summed E-state index contributed by atoms with van der Waals surface area (Å²) in [6.07, 6.45) is 4.34. The molecule has 1 atom stereocenters. The van der Waals surface area contributed by atoms with Crippen molar-refractivity contribution in [1.29, 1.82) is 0 Å². The monoisotopic (exact) mass is 394 g/mol. The van der Waals surface area contributed by atoms with Crippen molar-refractivity contribution in [2.75, 3.05) is 18.5 Å². The molecule has 0 saturated carbocycles. The Kier molecular flexibility index (Phi) is 6.10. The maximum atomic E-state index is 12.4. The molecular formula is C18H22N2O6S. The van der Waals surface area contributed by atoms with Gasteiger partial charge in [0.25, 0.3) is 5.91 Å². The number of carbonyl (C=O) groups is 4. The molecule has 2 amide bonds. The SMILES string of the molecule is CCOC(=O)c1c(NC(=O)COC(=O)[C@H]2CCC(=O)N2)sc2c1CCCC2. The number of esters is 2. The molecule has 27 heavy (non-hydrogen) atoms. The summed E-state index contributed by atoms with van der Waals surface area (Å²) in [7, 11) is 0. The fourth-order valence-electron chi connectivity index (χ4n) is 3.26. The van der Waals surface area contributed by atoms with Crippen molar-refractivity contribution in [1.82, 2.24) is 5.32 Å². The number of ether oxygens (including phenoxy) is 2. The molecular weight excluding hydrogens is 372 g/mol. The number of amides is 2. The molecule has 1 aliphatic carbocycles. The van der Waals surface area contributed by atoms with E-state index in [2.05, 4.69) is 10.6 Å². The number of fused-ring (bicyclic) bond motifs is 1. The lowest BCUT2D eigenvalue weighted by atomic mass is 9.95. The fraction of sp³-hybridized carbons (Fsp3) is 0.556. The zero-order valence-electron chi connectivity index (χ0n) is 15.1. The molecule has 2 aliphatic rings. The number of aryl methyl sites for hydroxylation is 1. The Labute approximate surface area is 160 Å². The molecule has 3 rings (SSSR count). The van der Waals surface area contributed by atoms with Gasteiger partial charge >= 0.3 is 11.9 Å². The van der Waals surface area contributed by atoms with E-state index in [1.54, 1.807) is 6.92 Å². The van der Waals surface area contributed by atoms with Crippen molar-refractivity contribution in [2.45, 2.75) is 51.5 Å². The van der Waals surface area contributed by atoms with E-state index in [0.717, 1.165) is 36.1 Å². The summed E-state index contributed by atoms with van der Waals surface area (Å²) in [6.45, 7) is 1.51. The van der Waals surface area contributed by atoms with Crippen LogP contribution in [0.3, 0.4) is 0 Å². The standard InChI is InChI=1S/C18H22N2O6S/c1-2-25-18(24)15-10-5-3-4-6-12(10)27-16(15)20-14(22)9-26-17(23)11-7-8-13(21)19-11/h11H,2-9H2,1H3,(H,19,21)(H,20,22)/t11-/m1/s1. The Hall–Kier alpha value is -2.42. The summed E-state index contributed by atoms with van der Waals surface area (Å²) in [5, 5.41) is 5.61. The number of hydrogen-bond donors (Lipinski definition) is 2. The Morgan fingerprint density at radius 2 is 1.96 bits per heavy atom. The maximum Gasteiger partial charge on any atom is 0.341 e. The number of hydrogen-bond acceptors (Lipinski definition) is 7. The van der Waals surface area contributed by atoms with Gasteiger partial charge in [0.1, 0.15) is 11.0 Å². The van der Waals surface area contributed by atoms with Gasteiger partial charge in [0.2, 0.25) is 5.91 Å². The first-order valence-corrected chi connectivity index (χ1v) is 9.88.